The Balaban J connectivity index is 1.75. The van der Waals surface area contributed by atoms with Crippen molar-refractivity contribution in [2.75, 3.05) is 30.4 Å². The Labute approximate surface area is 136 Å². The van der Waals surface area contributed by atoms with Gasteiger partial charge in [-0.1, -0.05) is 12.1 Å². The lowest BCUT2D eigenvalue weighted by molar-refractivity contribution is 0.578. The van der Waals surface area contributed by atoms with E-state index in [9.17, 15) is 0 Å². The number of anilines is 2. The zero-order valence-electron chi connectivity index (χ0n) is 13.5. The van der Waals surface area contributed by atoms with Gasteiger partial charge in [-0.15, -0.1) is 0 Å². The van der Waals surface area contributed by atoms with Crippen LogP contribution in [0, 0.1) is 0 Å². The molecule has 3 heterocycles. The summed E-state index contributed by atoms with van der Waals surface area (Å²) in [5, 5.41) is 3.19. The fraction of sp³-hybridized carbons (Fsp3) is 0.316. The molecule has 1 aromatic carbocycles. The van der Waals surface area contributed by atoms with Gasteiger partial charge in [0, 0.05) is 37.6 Å². The van der Waals surface area contributed by atoms with E-state index in [2.05, 4.69) is 56.1 Å². The first-order valence-corrected chi connectivity index (χ1v) is 8.35. The molecular weight excluding hydrogens is 284 g/mol. The smallest absolute Gasteiger partial charge is 0.137 e. The minimum absolute atomic E-state index is 0.974. The van der Waals surface area contributed by atoms with Crippen molar-refractivity contribution in [3.05, 3.63) is 48.8 Å². The van der Waals surface area contributed by atoms with Gasteiger partial charge in [0.25, 0.3) is 0 Å². The van der Waals surface area contributed by atoms with Crippen molar-refractivity contribution in [1.29, 1.82) is 0 Å². The molecule has 0 amide bonds. The van der Waals surface area contributed by atoms with E-state index in [-0.39, 0.29) is 0 Å². The molecule has 1 saturated heterocycles. The average molecular weight is 306 g/mol. The van der Waals surface area contributed by atoms with Crippen LogP contribution in [0.15, 0.2) is 48.8 Å². The van der Waals surface area contributed by atoms with Crippen molar-refractivity contribution in [3.8, 4) is 11.3 Å². The number of nitrogens with one attached hydrogen (secondary N) is 1. The van der Waals surface area contributed by atoms with Gasteiger partial charge < -0.3 is 10.2 Å². The first-order valence-electron chi connectivity index (χ1n) is 8.35. The first kappa shape index (κ1) is 14.1. The second kappa shape index (κ2) is 5.95. The van der Waals surface area contributed by atoms with Crippen molar-refractivity contribution in [2.24, 2.45) is 0 Å². The molecule has 0 radical (unpaired) electrons. The quantitative estimate of drug-likeness (QED) is 0.793. The molecule has 1 aliphatic rings. The molecule has 0 aliphatic carbocycles. The van der Waals surface area contributed by atoms with Crippen LogP contribution in [0.4, 0.5) is 11.4 Å². The number of piperidine rings is 1. The summed E-state index contributed by atoms with van der Waals surface area (Å²) in [6.45, 7) is 2.33. The molecule has 0 saturated carbocycles. The van der Waals surface area contributed by atoms with E-state index in [0.29, 0.717) is 0 Å². The molecule has 3 aromatic rings. The highest BCUT2D eigenvalue weighted by molar-refractivity contribution is 5.69. The summed E-state index contributed by atoms with van der Waals surface area (Å²) in [5.41, 5.74) is 5.73. The minimum Gasteiger partial charge on any atom is -0.387 e. The zero-order valence-corrected chi connectivity index (χ0v) is 13.5. The van der Waals surface area contributed by atoms with Gasteiger partial charge in [0.05, 0.1) is 17.6 Å². The first-order chi connectivity index (χ1) is 11.3. The highest BCUT2D eigenvalue weighted by Gasteiger charge is 2.13. The number of pyridine rings is 1. The molecule has 4 heteroatoms. The number of rotatable bonds is 3. The minimum atomic E-state index is 0.974. The lowest BCUT2D eigenvalue weighted by atomic mass is 10.1. The summed E-state index contributed by atoms with van der Waals surface area (Å²) in [5.74, 6) is 0. The van der Waals surface area contributed by atoms with E-state index >= 15 is 0 Å². The zero-order chi connectivity index (χ0) is 15.6. The Hall–Kier alpha value is -2.49. The van der Waals surface area contributed by atoms with Crippen LogP contribution in [-0.4, -0.2) is 29.5 Å². The third kappa shape index (κ3) is 2.65. The molecule has 4 rings (SSSR count). The number of hydrogen-bond acceptors (Lipinski definition) is 3. The third-order valence-corrected chi connectivity index (χ3v) is 4.66. The van der Waals surface area contributed by atoms with Crippen molar-refractivity contribution in [2.45, 2.75) is 19.3 Å². The fourth-order valence-electron chi connectivity index (χ4n) is 3.36. The van der Waals surface area contributed by atoms with Crippen LogP contribution >= 0.6 is 0 Å². The van der Waals surface area contributed by atoms with E-state index in [0.717, 1.165) is 17.0 Å². The molecule has 0 atom stereocenters. The lowest BCUT2D eigenvalue weighted by Crippen LogP contribution is -2.29. The molecule has 1 fully saturated rings. The molecule has 118 valence electrons. The molecule has 4 nitrogen and oxygen atoms in total. The van der Waals surface area contributed by atoms with Crippen LogP contribution < -0.4 is 10.2 Å². The standard InChI is InChI=1S/C19H22N4/c1-20-16-8-9-19-21-13-18(23(19)14-16)15-6-5-7-17(12-15)22-10-3-2-4-11-22/h5-9,12-14,20H,2-4,10-11H2,1H3. The van der Waals surface area contributed by atoms with Gasteiger partial charge in [0.15, 0.2) is 0 Å². The predicted molar refractivity (Wildman–Crippen MR) is 96.2 cm³/mol. The summed E-state index contributed by atoms with van der Waals surface area (Å²) >= 11 is 0. The van der Waals surface area contributed by atoms with Gasteiger partial charge >= 0.3 is 0 Å². The van der Waals surface area contributed by atoms with E-state index in [1.165, 1.54) is 43.6 Å². The van der Waals surface area contributed by atoms with Gasteiger partial charge in [-0.05, 0) is 43.5 Å². The SMILES string of the molecule is CNc1ccc2ncc(-c3cccc(N4CCCCC4)c3)n2c1. The van der Waals surface area contributed by atoms with Crippen LogP contribution in [0.1, 0.15) is 19.3 Å². The highest BCUT2D eigenvalue weighted by atomic mass is 15.1. The second-order valence-electron chi connectivity index (χ2n) is 6.14. The van der Waals surface area contributed by atoms with E-state index in [1.54, 1.807) is 0 Å². The average Bonchev–Trinajstić information content (AvgIpc) is 3.05. The number of imidazole rings is 1. The Morgan fingerprint density at radius 3 is 2.74 bits per heavy atom. The predicted octanol–water partition coefficient (Wildman–Crippen LogP) is 4.03. The van der Waals surface area contributed by atoms with Gasteiger partial charge in [-0.25, -0.2) is 4.98 Å². The van der Waals surface area contributed by atoms with Gasteiger partial charge in [0.2, 0.25) is 0 Å². The highest BCUT2D eigenvalue weighted by Crippen LogP contribution is 2.27. The summed E-state index contributed by atoms with van der Waals surface area (Å²) in [4.78, 5) is 7.03. The van der Waals surface area contributed by atoms with E-state index in [4.69, 9.17) is 0 Å². The van der Waals surface area contributed by atoms with E-state index in [1.807, 2.05) is 19.3 Å². The summed E-state index contributed by atoms with van der Waals surface area (Å²) in [7, 11) is 1.94. The Kier molecular flexibility index (Phi) is 3.66. The molecule has 0 bridgehead atoms. The fourth-order valence-corrected chi connectivity index (χ4v) is 3.36. The maximum absolute atomic E-state index is 4.53. The van der Waals surface area contributed by atoms with Crippen LogP contribution in [0.25, 0.3) is 16.9 Å². The van der Waals surface area contributed by atoms with Crippen molar-refractivity contribution >= 4 is 17.0 Å². The monoisotopic (exact) mass is 306 g/mol. The lowest BCUT2D eigenvalue weighted by Gasteiger charge is -2.29. The van der Waals surface area contributed by atoms with Crippen molar-refractivity contribution in [3.63, 3.8) is 0 Å². The number of aromatic nitrogens is 2. The molecule has 23 heavy (non-hydrogen) atoms. The Bertz CT molecular complexity index is 815. The third-order valence-electron chi connectivity index (χ3n) is 4.66. The van der Waals surface area contributed by atoms with Crippen LogP contribution in [-0.2, 0) is 0 Å². The molecule has 0 spiro atoms. The van der Waals surface area contributed by atoms with Crippen molar-refractivity contribution in [1.82, 2.24) is 9.38 Å². The second-order valence-corrected chi connectivity index (χ2v) is 6.14. The van der Waals surface area contributed by atoms with Crippen LogP contribution in [0.2, 0.25) is 0 Å². The molecule has 0 unspecified atom stereocenters. The number of hydrogen-bond donors (Lipinski definition) is 1. The topological polar surface area (TPSA) is 32.6 Å². The molecule has 2 aromatic heterocycles. The van der Waals surface area contributed by atoms with E-state index < -0.39 is 0 Å². The van der Waals surface area contributed by atoms with Gasteiger partial charge in [0.1, 0.15) is 5.65 Å². The molecule has 1 aliphatic heterocycles. The van der Waals surface area contributed by atoms with Gasteiger partial charge in [-0.2, -0.15) is 0 Å². The molecular formula is C19H22N4. The number of nitrogens with zero attached hydrogens (tertiary/aromatic N) is 3. The maximum atomic E-state index is 4.53. The Morgan fingerprint density at radius 2 is 1.91 bits per heavy atom. The number of fused-ring (bicyclic) bond motifs is 1. The normalized spacial score (nSPS) is 15.1. The Morgan fingerprint density at radius 1 is 1.04 bits per heavy atom. The largest absolute Gasteiger partial charge is 0.387 e. The van der Waals surface area contributed by atoms with Gasteiger partial charge in [-0.3, -0.25) is 4.40 Å². The maximum Gasteiger partial charge on any atom is 0.137 e. The number of benzene rings is 1. The summed E-state index contributed by atoms with van der Waals surface area (Å²) < 4.78 is 2.15. The van der Waals surface area contributed by atoms with Crippen LogP contribution in [0.3, 0.4) is 0 Å². The van der Waals surface area contributed by atoms with Crippen LogP contribution in [0.5, 0.6) is 0 Å². The summed E-state index contributed by atoms with van der Waals surface area (Å²) in [6.07, 6.45) is 8.02. The van der Waals surface area contributed by atoms with Crippen molar-refractivity contribution < 1.29 is 0 Å². The summed E-state index contributed by atoms with van der Waals surface area (Å²) in [6, 6.07) is 12.9. The molecule has 1 N–H and O–H groups in total.